The highest BCUT2D eigenvalue weighted by Gasteiger charge is 2.29. The molecule has 1 amide bonds. The molecular weight excluding hydrogens is 240 g/mol. The summed E-state index contributed by atoms with van der Waals surface area (Å²) >= 11 is 0. The van der Waals surface area contributed by atoms with Crippen molar-refractivity contribution in [3.8, 4) is 0 Å². The molecule has 0 saturated heterocycles. The zero-order chi connectivity index (χ0) is 14.1. The Morgan fingerprint density at radius 3 is 2.47 bits per heavy atom. The highest BCUT2D eigenvalue weighted by atomic mass is 16.5. The van der Waals surface area contributed by atoms with E-state index in [9.17, 15) is 4.79 Å². The molecule has 1 rings (SSSR count). The van der Waals surface area contributed by atoms with E-state index in [2.05, 4.69) is 5.32 Å². The summed E-state index contributed by atoms with van der Waals surface area (Å²) < 4.78 is 5.82. The summed E-state index contributed by atoms with van der Waals surface area (Å²) in [5.41, 5.74) is 5.32. The average molecular weight is 270 g/mol. The van der Waals surface area contributed by atoms with Crippen LogP contribution in [0.15, 0.2) is 0 Å². The van der Waals surface area contributed by atoms with Crippen LogP contribution in [0.25, 0.3) is 0 Å². The molecule has 0 aliphatic heterocycles. The fraction of sp³-hybridized carbons (Fsp3) is 0.933. The molecule has 3 N–H and O–H groups in total. The number of ether oxygens (including phenoxy) is 1. The minimum absolute atomic E-state index is 0.0323. The SMILES string of the molecule is CCC(N)(CC)C(=O)NCCCOC1CCCCC1. The molecule has 0 aromatic rings. The molecule has 0 unspecified atom stereocenters. The van der Waals surface area contributed by atoms with Crippen molar-refractivity contribution in [2.24, 2.45) is 5.73 Å². The molecule has 4 nitrogen and oxygen atoms in total. The Morgan fingerprint density at radius 2 is 1.89 bits per heavy atom. The van der Waals surface area contributed by atoms with Crippen LogP contribution in [0.3, 0.4) is 0 Å². The molecule has 0 heterocycles. The molecule has 0 bridgehead atoms. The van der Waals surface area contributed by atoms with Crippen molar-refractivity contribution < 1.29 is 9.53 Å². The van der Waals surface area contributed by atoms with Gasteiger partial charge in [-0.1, -0.05) is 33.1 Å². The summed E-state index contributed by atoms with van der Waals surface area (Å²) in [5, 5.41) is 2.92. The van der Waals surface area contributed by atoms with Gasteiger partial charge in [0, 0.05) is 13.2 Å². The van der Waals surface area contributed by atoms with E-state index in [1.807, 2.05) is 13.8 Å². The monoisotopic (exact) mass is 270 g/mol. The maximum absolute atomic E-state index is 11.9. The van der Waals surface area contributed by atoms with Gasteiger partial charge in [-0.15, -0.1) is 0 Å². The summed E-state index contributed by atoms with van der Waals surface area (Å²) in [6.07, 6.45) is 9.00. The molecule has 4 heteroatoms. The third-order valence-electron chi connectivity index (χ3n) is 4.23. The lowest BCUT2D eigenvalue weighted by atomic mass is 9.93. The van der Waals surface area contributed by atoms with E-state index in [0.29, 0.717) is 25.5 Å². The van der Waals surface area contributed by atoms with Gasteiger partial charge in [0.05, 0.1) is 11.6 Å². The number of nitrogens with two attached hydrogens (primary N) is 1. The Hall–Kier alpha value is -0.610. The lowest BCUT2D eigenvalue weighted by Gasteiger charge is -2.25. The van der Waals surface area contributed by atoms with E-state index >= 15 is 0 Å². The second-order valence-electron chi connectivity index (χ2n) is 5.60. The van der Waals surface area contributed by atoms with E-state index in [1.165, 1.54) is 32.1 Å². The number of hydrogen-bond donors (Lipinski definition) is 2. The van der Waals surface area contributed by atoms with Crippen LogP contribution < -0.4 is 11.1 Å². The zero-order valence-corrected chi connectivity index (χ0v) is 12.5. The molecule has 1 aliphatic carbocycles. The molecule has 0 aromatic carbocycles. The van der Waals surface area contributed by atoms with E-state index < -0.39 is 5.54 Å². The predicted octanol–water partition coefficient (Wildman–Crippen LogP) is 2.36. The third-order valence-corrected chi connectivity index (χ3v) is 4.23. The van der Waals surface area contributed by atoms with Crippen LogP contribution in [0.1, 0.15) is 65.2 Å². The second-order valence-corrected chi connectivity index (χ2v) is 5.60. The quantitative estimate of drug-likeness (QED) is 0.665. The van der Waals surface area contributed by atoms with Crippen molar-refractivity contribution in [1.29, 1.82) is 0 Å². The molecule has 1 saturated carbocycles. The lowest BCUT2D eigenvalue weighted by Crippen LogP contribution is -2.53. The Kier molecular flexibility index (Phi) is 7.39. The Balaban J connectivity index is 2.08. The minimum atomic E-state index is -0.704. The highest BCUT2D eigenvalue weighted by molar-refractivity contribution is 5.85. The molecule has 112 valence electrons. The number of carbonyl (C=O) groups excluding carboxylic acids is 1. The second kappa shape index (κ2) is 8.54. The number of nitrogens with one attached hydrogen (secondary N) is 1. The van der Waals surface area contributed by atoms with Gasteiger partial charge in [0.15, 0.2) is 0 Å². The average Bonchev–Trinajstić information content (AvgIpc) is 2.47. The molecule has 0 spiro atoms. The maximum atomic E-state index is 11.9. The molecule has 0 aromatic heterocycles. The fourth-order valence-corrected chi connectivity index (χ4v) is 2.50. The van der Waals surface area contributed by atoms with Crippen LogP contribution in [0.4, 0.5) is 0 Å². The summed E-state index contributed by atoms with van der Waals surface area (Å²) in [6.45, 7) is 5.30. The molecule has 1 aliphatic rings. The number of rotatable bonds is 8. The van der Waals surface area contributed by atoms with Crippen molar-refractivity contribution >= 4 is 5.91 Å². The lowest BCUT2D eigenvalue weighted by molar-refractivity contribution is -0.126. The Bertz CT molecular complexity index is 259. The van der Waals surface area contributed by atoms with Gasteiger partial charge in [0.25, 0.3) is 0 Å². The van der Waals surface area contributed by atoms with Gasteiger partial charge in [0.2, 0.25) is 5.91 Å². The normalized spacial score (nSPS) is 17.4. The summed E-state index contributed by atoms with van der Waals surface area (Å²) in [6, 6.07) is 0. The Labute approximate surface area is 117 Å². The van der Waals surface area contributed by atoms with Gasteiger partial charge >= 0.3 is 0 Å². The van der Waals surface area contributed by atoms with E-state index in [1.54, 1.807) is 0 Å². The first-order chi connectivity index (χ1) is 9.12. The summed E-state index contributed by atoms with van der Waals surface area (Å²) in [5.74, 6) is -0.0323. The Morgan fingerprint density at radius 1 is 1.26 bits per heavy atom. The van der Waals surface area contributed by atoms with Crippen molar-refractivity contribution in [2.45, 2.75) is 76.9 Å². The first-order valence-electron chi connectivity index (χ1n) is 7.81. The van der Waals surface area contributed by atoms with Crippen molar-refractivity contribution in [1.82, 2.24) is 5.32 Å². The van der Waals surface area contributed by atoms with E-state index in [-0.39, 0.29) is 5.91 Å². The van der Waals surface area contributed by atoms with Gasteiger partial charge in [-0.05, 0) is 32.1 Å². The minimum Gasteiger partial charge on any atom is -0.378 e. The van der Waals surface area contributed by atoms with Gasteiger partial charge in [-0.3, -0.25) is 4.79 Å². The van der Waals surface area contributed by atoms with Crippen molar-refractivity contribution in [3.05, 3.63) is 0 Å². The van der Waals surface area contributed by atoms with E-state index in [4.69, 9.17) is 10.5 Å². The fourth-order valence-electron chi connectivity index (χ4n) is 2.50. The van der Waals surface area contributed by atoms with Gasteiger partial charge in [0.1, 0.15) is 0 Å². The third kappa shape index (κ3) is 5.49. The maximum Gasteiger partial charge on any atom is 0.240 e. The largest absolute Gasteiger partial charge is 0.378 e. The molecule has 0 atom stereocenters. The first-order valence-corrected chi connectivity index (χ1v) is 7.81. The van der Waals surface area contributed by atoms with E-state index in [0.717, 1.165) is 13.0 Å². The predicted molar refractivity (Wildman–Crippen MR) is 78.0 cm³/mol. The molecular formula is C15H30N2O2. The van der Waals surface area contributed by atoms with Crippen molar-refractivity contribution in [2.75, 3.05) is 13.2 Å². The zero-order valence-electron chi connectivity index (χ0n) is 12.5. The molecule has 0 radical (unpaired) electrons. The van der Waals surface area contributed by atoms with Gasteiger partial charge < -0.3 is 15.8 Å². The van der Waals surface area contributed by atoms with Crippen LogP contribution in [-0.4, -0.2) is 30.7 Å². The number of hydrogen-bond acceptors (Lipinski definition) is 3. The van der Waals surface area contributed by atoms with Gasteiger partial charge in [-0.25, -0.2) is 0 Å². The van der Waals surface area contributed by atoms with Crippen LogP contribution in [0.2, 0.25) is 0 Å². The number of amides is 1. The van der Waals surface area contributed by atoms with Crippen LogP contribution in [0.5, 0.6) is 0 Å². The molecule has 1 fully saturated rings. The van der Waals surface area contributed by atoms with Gasteiger partial charge in [-0.2, -0.15) is 0 Å². The summed E-state index contributed by atoms with van der Waals surface area (Å²) in [7, 11) is 0. The van der Waals surface area contributed by atoms with Crippen molar-refractivity contribution in [3.63, 3.8) is 0 Å². The smallest absolute Gasteiger partial charge is 0.240 e. The first kappa shape index (κ1) is 16.4. The van der Waals surface area contributed by atoms with Crippen LogP contribution in [0, 0.1) is 0 Å². The van der Waals surface area contributed by atoms with Crippen LogP contribution >= 0.6 is 0 Å². The molecule has 19 heavy (non-hydrogen) atoms. The number of carbonyl (C=O) groups is 1. The summed E-state index contributed by atoms with van der Waals surface area (Å²) in [4.78, 5) is 11.9. The highest BCUT2D eigenvalue weighted by Crippen LogP contribution is 2.20. The standard InChI is InChI=1S/C15H30N2O2/c1-3-15(16,4-2)14(18)17-11-8-12-19-13-9-6-5-7-10-13/h13H,3-12,16H2,1-2H3,(H,17,18). The van der Waals surface area contributed by atoms with Crippen LogP contribution in [-0.2, 0) is 9.53 Å². The topological polar surface area (TPSA) is 64.4 Å².